The SMILES string of the molecule is COc1cc(C)cc(C)c1C(NN)c1cc2sccc2s1. The summed E-state index contributed by atoms with van der Waals surface area (Å²) in [6.45, 7) is 4.18. The third kappa shape index (κ3) is 2.58. The van der Waals surface area contributed by atoms with Crippen molar-refractivity contribution < 1.29 is 4.74 Å². The standard InChI is InChI=1S/C16H18N2OS2/c1-9-6-10(2)15(11(7-9)19-3)16(18-17)14-8-13-12(21-14)4-5-20-13/h4-8,16,18H,17H2,1-3H3. The van der Waals surface area contributed by atoms with Gasteiger partial charge in [-0.2, -0.15) is 0 Å². The lowest BCUT2D eigenvalue weighted by atomic mass is 9.97. The van der Waals surface area contributed by atoms with Gasteiger partial charge in [0.25, 0.3) is 0 Å². The van der Waals surface area contributed by atoms with Crippen molar-refractivity contribution in [1.82, 2.24) is 5.43 Å². The molecular weight excluding hydrogens is 300 g/mol. The number of fused-ring (bicyclic) bond motifs is 1. The predicted octanol–water partition coefficient (Wildman–Crippen LogP) is 4.14. The Balaban J connectivity index is 2.13. The van der Waals surface area contributed by atoms with Gasteiger partial charge >= 0.3 is 0 Å². The molecule has 0 radical (unpaired) electrons. The summed E-state index contributed by atoms with van der Waals surface area (Å²) in [5, 5.41) is 2.12. The van der Waals surface area contributed by atoms with Crippen molar-refractivity contribution in [2.45, 2.75) is 19.9 Å². The van der Waals surface area contributed by atoms with E-state index in [2.05, 4.69) is 48.9 Å². The zero-order valence-corrected chi connectivity index (χ0v) is 13.9. The van der Waals surface area contributed by atoms with Gasteiger partial charge in [0.05, 0.1) is 13.2 Å². The maximum atomic E-state index is 5.86. The van der Waals surface area contributed by atoms with Gasteiger partial charge in [0.1, 0.15) is 5.75 Å². The minimum absolute atomic E-state index is 0.0508. The minimum Gasteiger partial charge on any atom is -0.496 e. The van der Waals surface area contributed by atoms with E-state index in [0.717, 1.165) is 11.3 Å². The van der Waals surface area contributed by atoms with E-state index < -0.39 is 0 Å². The molecule has 0 saturated carbocycles. The lowest BCUT2D eigenvalue weighted by Gasteiger charge is -2.21. The van der Waals surface area contributed by atoms with Gasteiger partial charge in [-0.1, -0.05) is 6.07 Å². The second kappa shape index (κ2) is 5.77. The Morgan fingerprint density at radius 3 is 2.67 bits per heavy atom. The zero-order chi connectivity index (χ0) is 15.0. The molecule has 0 bridgehead atoms. The van der Waals surface area contributed by atoms with Crippen LogP contribution in [0.4, 0.5) is 0 Å². The van der Waals surface area contributed by atoms with Crippen LogP contribution in [0, 0.1) is 13.8 Å². The van der Waals surface area contributed by atoms with Gasteiger partial charge in [-0.3, -0.25) is 5.84 Å². The predicted molar refractivity (Wildman–Crippen MR) is 91.3 cm³/mol. The molecular formula is C16H18N2OS2. The summed E-state index contributed by atoms with van der Waals surface area (Å²) in [5.74, 6) is 6.74. The van der Waals surface area contributed by atoms with Crippen LogP contribution in [0.15, 0.2) is 29.6 Å². The molecule has 0 aliphatic rings. The molecule has 0 aliphatic carbocycles. The Morgan fingerprint density at radius 1 is 1.19 bits per heavy atom. The maximum Gasteiger partial charge on any atom is 0.124 e. The number of rotatable bonds is 4. The van der Waals surface area contributed by atoms with E-state index in [1.807, 2.05) is 0 Å². The van der Waals surface area contributed by atoms with E-state index in [1.165, 1.54) is 25.4 Å². The van der Waals surface area contributed by atoms with E-state index in [-0.39, 0.29) is 6.04 Å². The van der Waals surface area contributed by atoms with Crippen LogP contribution in [0.25, 0.3) is 9.40 Å². The Kier molecular flexibility index (Phi) is 3.99. The van der Waals surface area contributed by atoms with Gasteiger partial charge in [-0.05, 0) is 48.6 Å². The number of hydrogen-bond acceptors (Lipinski definition) is 5. The molecule has 3 N–H and O–H groups in total. The topological polar surface area (TPSA) is 47.3 Å². The summed E-state index contributed by atoms with van der Waals surface area (Å²) in [5.41, 5.74) is 6.44. The monoisotopic (exact) mass is 318 g/mol. The van der Waals surface area contributed by atoms with Crippen LogP contribution in [0.1, 0.15) is 27.6 Å². The van der Waals surface area contributed by atoms with Crippen LogP contribution in [-0.2, 0) is 0 Å². The van der Waals surface area contributed by atoms with Crippen LogP contribution in [0.2, 0.25) is 0 Å². The van der Waals surface area contributed by atoms with Crippen LogP contribution in [0.5, 0.6) is 5.75 Å². The highest BCUT2D eigenvalue weighted by atomic mass is 32.1. The van der Waals surface area contributed by atoms with Gasteiger partial charge in [-0.15, -0.1) is 22.7 Å². The number of methoxy groups -OCH3 is 1. The first-order chi connectivity index (χ1) is 10.1. The molecule has 0 saturated heterocycles. The first-order valence-electron chi connectivity index (χ1n) is 6.72. The van der Waals surface area contributed by atoms with Crippen molar-refractivity contribution in [3.63, 3.8) is 0 Å². The molecule has 2 aromatic heterocycles. The molecule has 3 rings (SSSR count). The molecule has 5 heteroatoms. The first kappa shape index (κ1) is 14.5. The average molecular weight is 318 g/mol. The molecule has 2 heterocycles. The van der Waals surface area contributed by atoms with Crippen LogP contribution in [-0.4, -0.2) is 7.11 Å². The fourth-order valence-corrected chi connectivity index (χ4v) is 4.90. The second-order valence-electron chi connectivity index (χ2n) is 5.10. The number of nitrogens with one attached hydrogen (secondary N) is 1. The zero-order valence-electron chi connectivity index (χ0n) is 12.3. The van der Waals surface area contributed by atoms with Gasteiger partial charge in [0, 0.05) is 19.8 Å². The molecule has 3 nitrogen and oxygen atoms in total. The Hall–Kier alpha value is -1.40. The normalized spacial score (nSPS) is 12.8. The van der Waals surface area contributed by atoms with E-state index in [4.69, 9.17) is 10.6 Å². The molecule has 21 heavy (non-hydrogen) atoms. The molecule has 1 aromatic carbocycles. The van der Waals surface area contributed by atoms with E-state index in [0.29, 0.717) is 0 Å². The lowest BCUT2D eigenvalue weighted by molar-refractivity contribution is 0.403. The summed E-state index contributed by atoms with van der Waals surface area (Å²) in [6.07, 6.45) is 0. The number of hydrazine groups is 1. The largest absolute Gasteiger partial charge is 0.496 e. The van der Waals surface area contributed by atoms with Crippen molar-refractivity contribution in [2.75, 3.05) is 7.11 Å². The summed E-state index contributed by atoms with van der Waals surface area (Å²) in [4.78, 5) is 1.21. The summed E-state index contributed by atoms with van der Waals surface area (Å²) < 4.78 is 8.19. The molecule has 1 unspecified atom stereocenters. The molecule has 1 atom stereocenters. The molecule has 0 amide bonds. The van der Waals surface area contributed by atoms with Crippen molar-refractivity contribution in [3.8, 4) is 5.75 Å². The maximum absolute atomic E-state index is 5.86. The summed E-state index contributed by atoms with van der Waals surface area (Å²) >= 11 is 3.53. The number of ether oxygens (including phenoxy) is 1. The number of nitrogens with two attached hydrogens (primary N) is 1. The van der Waals surface area contributed by atoms with E-state index in [9.17, 15) is 0 Å². The van der Waals surface area contributed by atoms with Crippen molar-refractivity contribution in [1.29, 1.82) is 0 Å². The van der Waals surface area contributed by atoms with Gasteiger partial charge in [-0.25, -0.2) is 5.43 Å². The molecule has 0 spiro atoms. The first-order valence-corrected chi connectivity index (χ1v) is 8.42. The third-order valence-electron chi connectivity index (χ3n) is 3.61. The molecule has 110 valence electrons. The van der Waals surface area contributed by atoms with E-state index >= 15 is 0 Å². The van der Waals surface area contributed by atoms with Crippen LogP contribution >= 0.6 is 22.7 Å². The smallest absolute Gasteiger partial charge is 0.124 e. The van der Waals surface area contributed by atoms with Gasteiger partial charge < -0.3 is 4.74 Å². The molecule has 3 aromatic rings. The fourth-order valence-electron chi connectivity index (χ4n) is 2.71. The lowest BCUT2D eigenvalue weighted by Crippen LogP contribution is -2.29. The highest BCUT2D eigenvalue weighted by molar-refractivity contribution is 7.27. The fraction of sp³-hybridized carbons (Fsp3) is 0.250. The Bertz CT molecular complexity index is 747. The number of benzene rings is 1. The highest BCUT2D eigenvalue weighted by Crippen LogP contribution is 2.39. The summed E-state index contributed by atoms with van der Waals surface area (Å²) in [7, 11) is 1.71. The number of hydrogen-bond donors (Lipinski definition) is 2. The third-order valence-corrected chi connectivity index (χ3v) is 5.77. The van der Waals surface area contributed by atoms with Crippen LogP contribution in [0.3, 0.4) is 0 Å². The number of aryl methyl sites for hydroxylation is 2. The quantitative estimate of drug-likeness (QED) is 0.561. The number of thiophene rings is 2. The van der Waals surface area contributed by atoms with Crippen molar-refractivity contribution in [3.05, 3.63) is 51.2 Å². The molecule has 0 aliphatic heterocycles. The van der Waals surface area contributed by atoms with Crippen LogP contribution < -0.4 is 16.0 Å². The highest BCUT2D eigenvalue weighted by Gasteiger charge is 2.22. The van der Waals surface area contributed by atoms with Gasteiger partial charge in [0.15, 0.2) is 0 Å². The second-order valence-corrected chi connectivity index (χ2v) is 7.16. The average Bonchev–Trinajstić information content (AvgIpc) is 3.02. The Morgan fingerprint density at radius 2 is 2.00 bits per heavy atom. The summed E-state index contributed by atoms with van der Waals surface area (Å²) in [6, 6.07) is 8.54. The van der Waals surface area contributed by atoms with Crippen molar-refractivity contribution in [2.24, 2.45) is 5.84 Å². The van der Waals surface area contributed by atoms with Crippen molar-refractivity contribution >= 4 is 32.1 Å². The Labute approximate surface area is 132 Å². The van der Waals surface area contributed by atoms with E-state index in [1.54, 1.807) is 29.8 Å². The molecule has 0 fully saturated rings. The van der Waals surface area contributed by atoms with Gasteiger partial charge in [0.2, 0.25) is 0 Å². The minimum atomic E-state index is -0.0508.